The highest BCUT2D eigenvalue weighted by Gasteiger charge is 2.12. The van der Waals surface area contributed by atoms with Crippen LogP contribution in [-0.2, 0) is 11.2 Å². The van der Waals surface area contributed by atoms with Crippen molar-refractivity contribution in [3.8, 4) is 27.6 Å². The number of nitrogens with one attached hydrogen (secondary N) is 1. The van der Waals surface area contributed by atoms with Crippen molar-refractivity contribution in [2.24, 2.45) is 0 Å². The van der Waals surface area contributed by atoms with Crippen molar-refractivity contribution in [1.29, 1.82) is 0 Å². The summed E-state index contributed by atoms with van der Waals surface area (Å²) >= 11 is 2.90. The van der Waals surface area contributed by atoms with Gasteiger partial charge in [-0.25, -0.2) is 9.97 Å². The highest BCUT2D eigenvalue weighted by atomic mass is 32.1. The number of anilines is 1. The molecule has 8 heteroatoms. The Morgan fingerprint density at radius 3 is 2.68 bits per heavy atom. The van der Waals surface area contributed by atoms with E-state index in [9.17, 15) is 4.79 Å². The first kappa shape index (κ1) is 18.3. The maximum atomic E-state index is 12.3. The van der Waals surface area contributed by atoms with Crippen molar-refractivity contribution in [1.82, 2.24) is 15.0 Å². The minimum atomic E-state index is -0.140. The number of hydrogen-bond donors (Lipinski definition) is 1. The lowest BCUT2D eigenvalue weighted by molar-refractivity contribution is -0.115. The molecule has 0 saturated heterocycles. The van der Waals surface area contributed by atoms with Gasteiger partial charge in [-0.15, -0.1) is 22.7 Å². The van der Waals surface area contributed by atoms with Gasteiger partial charge in [0.05, 0.1) is 24.9 Å². The van der Waals surface area contributed by atoms with E-state index in [-0.39, 0.29) is 12.3 Å². The average molecular weight is 409 g/mol. The fraction of sp³-hybridized carbons (Fsp3) is 0.100. The highest BCUT2D eigenvalue weighted by molar-refractivity contribution is 7.14. The van der Waals surface area contributed by atoms with Gasteiger partial charge in [-0.3, -0.25) is 9.78 Å². The number of carbonyl (C=O) groups is 1. The maximum Gasteiger partial charge on any atom is 0.232 e. The van der Waals surface area contributed by atoms with Gasteiger partial charge in [0, 0.05) is 34.3 Å². The van der Waals surface area contributed by atoms with Crippen LogP contribution in [0.4, 0.5) is 5.13 Å². The smallest absolute Gasteiger partial charge is 0.232 e. The van der Waals surface area contributed by atoms with Crippen LogP contribution in [0.3, 0.4) is 0 Å². The van der Waals surface area contributed by atoms with Crippen LogP contribution >= 0.6 is 22.7 Å². The molecule has 0 atom stereocenters. The number of hydrogen-bond acceptors (Lipinski definition) is 7. The number of carbonyl (C=O) groups excluding carboxylic acids is 1. The zero-order valence-electron chi connectivity index (χ0n) is 15.0. The molecule has 0 bridgehead atoms. The summed E-state index contributed by atoms with van der Waals surface area (Å²) < 4.78 is 5.17. The number of aromatic nitrogens is 3. The highest BCUT2D eigenvalue weighted by Crippen LogP contribution is 2.27. The van der Waals surface area contributed by atoms with E-state index >= 15 is 0 Å². The summed E-state index contributed by atoms with van der Waals surface area (Å²) in [6, 6.07) is 11.5. The molecular weight excluding hydrogens is 392 g/mol. The summed E-state index contributed by atoms with van der Waals surface area (Å²) in [6.07, 6.45) is 3.69. The molecule has 4 rings (SSSR count). The van der Waals surface area contributed by atoms with Crippen LogP contribution < -0.4 is 10.1 Å². The predicted molar refractivity (Wildman–Crippen MR) is 112 cm³/mol. The summed E-state index contributed by atoms with van der Waals surface area (Å²) in [5, 5.41) is 8.08. The Hall–Kier alpha value is -3.10. The van der Waals surface area contributed by atoms with Gasteiger partial charge < -0.3 is 10.1 Å². The lowest BCUT2D eigenvalue weighted by Gasteiger charge is -2.01. The molecule has 28 heavy (non-hydrogen) atoms. The standard InChI is InChI=1S/C20H16N4O2S2/c1-26-16-6-4-13(5-7-16)17-12-28-20(23-17)24-18(25)9-15-11-27-19(22-15)14-3-2-8-21-10-14/h2-8,10-12H,9H2,1H3,(H,23,24,25). The predicted octanol–water partition coefficient (Wildman–Crippen LogP) is 4.52. The molecule has 0 aliphatic heterocycles. The fourth-order valence-corrected chi connectivity index (χ4v) is 4.11. The minimum Gasteiger partial charge on any atom is -0.497 e. The van der Waals surface area contributed by atoms with Crippen LogP contribution in [-0.4, -0.2) is 28.0 Å². The van der Waals surface area contributed by atoms with E-state index in [0.29, 0.717) is 5.13 Å². The Bertz CT molecular complexity index is 1080. The van der Waals surface area contributed by atoms with Crippen LogP contribution in [0.25, 0.3) is 21.8 Å². The molecule has 1 amide bonds. The molecule has 0 saturated carbocycles. The maximum absolute atomic E-state index is 12.3. The number of rotatable bonds is 6. The van der Waals surface area contributed by atoms with Gasteiger partial charge in [-0.2, -0.15) is 0 Å². The Morgan fingerprint density at radius 1 is 1.07 bits per heavy atom. The third-order valence-corrected chi connectivity index (χ3v) is 5.64. The number of benzene rings is 1. The quantitative estimate of drug-likeness (QED) is 0.508. The lowest BCUT2D eigenvalue weighted by Crippen LogP contribution is -2.14. The first-order valence-electron chi connectivity index (χ1n) is 8.46. The number of amides is 1. The van der Waals surface area contributed by atoms with Gasteiger partial charge in [-0.1, -0.05) is 0 Å². The van der Waals surface area contributed by atoms with E-state index in [4.69, 9.17) is 4.74 Å². The Balaban J connectivity index is 1.39. The summed E-state index contributed by atoms with van der Waals surface area (Å²) in [4.78, 5) is 25.5. The molecule has 0 spiro atoms. The molecule has 1 aromatic carbocycles. The second-order valence-electron chi connectivity index (χ2n) is 5.88. The summed E-state index contributed by atoms with van der Waals surface area (Å²) in [5.74, 6) is 0.653. The van der Waals surface area contributed by atoms with Crippen LogP contribution in [0, 0.1) is 0 Å². The van der Waals surface area contributed by atoms with Gasteiger partial charge in [0.25, 0.3) is 0 Å². The molecule has 1 N–H and O–H groups in total. The van der Waals surface area contributed by atoms with Crippen molar-refractivity contribution in [3.63, 3.8) is 0 Å². The lowest BCUT2D eigenvalue weighted by atomic mass is 10.2. The largest absolute Gasteiger partial charge is 0.497 e. The minimum absolute atomic E-state index is 0.140. The van der Waals surface area contributed by atoms with E-state index in [1.807, 2.05) is 47.2 Å². The van der Waals surface area contributed by atoms with Crippen LogP contribution in [0.5, 0.6) is 5.75 Å². The second kappa shape index (κ2) is 8.28. The van der Waals surface area contributed by atoms with Crippen molar-refractivity contribution in [3.05, 3.63) is 65.2 Å². The van der Waals surface area contributed by atoms with Gasteiger partial charge in [-0.05, 0) is 36.4 Å². The number of thiazole rings is 2. The number of nitrogens with zero attached hydrogens (tertiary/aromatic N) is 3. The Kier molecular flexibility index (Phi) is 5.41. The van der Waals surface area contributed by atoms with Crippen LogP contribution in [0.15, 0.2) is 59.6 Å². The van der Waals surface area contributed by atoms with Crippen LogP contribution in [0.2, 0.25) is 0 Å². The average Bonchev–Trinajstić information content (AvgIpc) is 3.38. The molecule has 0 radical (unpaired) electrons. The second-order valence-corrected chi connectivity index (χ2v) is 7.59. The molecule has 6 nitrogen and oxygen atoms in total. The molecule has 0 aliphatic carbocycles. The molecule has 4 aromatic rings. The zero-order chi connectivity index (χ0) is 19.3. The van der Waals surface area contributed by atoms with Crippen LogP contribution in [0.1, 0.15) is 5.69 Å². The van der Waals surface area contributed by atoms with Gasteiger partial charge in [0.15, 0.2) is 5.13 Å². The van der Waals surface area contributed by atoms with E-state index < -0.39 is 0 Å². The molecular formula is C20H16N4O2S2. The van der Waals surface area contributed by atoms with Gasteiger partial charge in [0.2, 0.25) is 5.91 Å². The summed E-state index contributed by atoms with van der Waals surface area (Å²) in [5.41, 5.74) is 3.46. The van der Waals surface area contributed by atoms with E-state index in [1.165, 1.54) is 22.7 Å². The van der Waals surface area contributed by atoms with Gasteiger partial charge >= 0.3 is 0 Å². The molecule has 0 fully saturated rings. The molecule has 3 aromatic heterocycles. The first-order valence-corrected chi connectivity index (χ1v) is 10.2. The third-order valence-electron chi connectivity index (χ3n) is 3.94. The van der Waals surface area contributed by atoms with Crippen molar-refractivity contribution >= 4 is 33.7 Å². The monoisotopic (exact) mass is 408 g/mol. The Morgan fingerprint density at radius 2 is 1.93 bits per heavy atom. The summed E-state index contributed by atoms with van der Waals surface area (Å²) in [6.45, 7) is 0. The Labute approximate surface area is 169 Å². The molecule has 3 heterocycles. The normalized spacial score (nSPS) is 10.6. The first-order chi connectivity index (χ1) is 13.7. The van der Waals surface area contributed by atoms with E-state index in [2.05, 4.69) is 20.3 Å². The SMILES string of the molecule is COc1ccc(-c2csc(NC(=O)Cc3csc(-c4cccnc4)n3)n2)cc1. The van der Waals surface area contributed by atoms with Crippen molar-refractivity contribution in [2.45, 2.75) is 6.42 Å². The molecule has 0 aliphatic rings. The molecule has 140 valence electrons. The number of ether oxygens (including phenoxy) is 1. The third kappa shape index (κ3) is 4.24. The zero-order valence-corrected chi connectivity index (χ0v) is 16.6. The topological polar surface area (TPSA) is 77.0 Å². The van der Waals surface area contributed by atoms with Crippen molar-refractivity contribution in [2.75, 3.05) is 12.4 Å². The summed E-state index contributed by atoms with van der Waals surface area (Å²) in [7, 11) is 1.63. The van der Waals surface area contributed by atoms with Crippen molar-refractivity contribution < 1.29 is 9.53 Å². The number of methoxy groups -OCH3 is 1. The van der Waals surface area contributed by atoms with E-state index in [0.717, 1.165) is 33.3 Å². The van der Waals surface area contributed by atoms with Gasteiger partial charge in [0.1, 0.15) is 10.8 Å². The number of pyridine rings is 1. The molecule has 0 unspecified atom stereocenters. The van der Waals surface area contributed by atoms with E-state index in [1.54, 1.807) is 19.5 Å². The fourth-order valence-electron chi connectivity index (χ4n) is 2.56.